The molecule has 1 atom stereocenters. The fourth-order valence-electron chi connectivity index (χ4n) is 14.5. The first-order chi connectivity index (χ1) is 71.5. The number of anilines is 6. The van der Waals surface area contributed by atoms with E-state index >= 15 is 0 Å². The fraction of sp³-hybridized carbons (Fsp3) is 0.182. The molecule has 1 fully saturated rings. The topological polar surface area (TPSA) is 634 Å². The van der Waals surface area contributed by atoms with E-state index in [0.29, 0.717) is 114 Å². The number of hydrogen-bond donors (Lipinski definition) is 8. The Morgan fingerprint density at radius 1 is 0.403 bits per heavy atom. The van der Waals surface area contributed by atoms with Crippen LogP contribution in [0.4, 0.5) is 126 Å². The van der Waals surface area contributed by atoms with Crippen molar-refractivity contribution in [2.75, 3.05) is 59.9 Å². The lowest BCUT2D eigenvalue weighted by atomic mass is 10.0. The molecule has 0 radical (unpaired) electrons. The summed E-state index contributed by atoms with van der Waals surface area (Å²) in [4.78, 5) is 68.7. The molecule has 8 N–H and O–H groups in total. The number of nitrogens with zero attached hydrogens (tertiary/aromatic N) is 24. The van der Waals surface area contributed by atoms with Crippen molar-refractivity contribution < 1.29 is 85.6 Å². The van der Waals surface area contributed by atoms with Crippen LogP contribution in [-0.4, -0.2) is 151 Å². The monoisotopic (exact) mass is 2090 g/mol. The van der Waals surface area contributed by atoms with Crippen LogP contribution in [0.5, 0.6) is 11.5 Å². The van der Waals surface area contributed by atoms with Crippen LogP contribution in [0.1, 0.15) is 78.1 Å². The highest BCUT2D eigenvalue weighted by molar-refractivity contribution is 7.86. The zero-order chi connectivity index (χ0) is 105. The van der Waals surface area contributed by atoms with E-state index in [4.69, 9.17) is 44.1 Å². The zero-order valence-corrected chi connectivity index (χ0v) is 83.0. The third kappa shape index (κ3) is 30.2. The molecule has 0 spiro atoms. The molecule has 50 heteroatoms. The Balaban J connectivity index is 0.766. The maximum Gasteiger partial charge on any atom is 0.303 e. The summed E-state index contributed by atoms with van der Waals surface area (Å²) < 4.78 is 156. The van der Waals surface area contributed by atoms with Gasteiger partial charge >= 0.3 is 5.97 Å². The summed E-state index contributed by atoms with van der Waals surface area (Å²) in [6.07, 6.45) is 0.243. The number of azo groups is 8. The Hall–Kier alpha value is -17.7. The molecular formula is C99H91N27O19S4. The molecule has 1 aliphatic heterocycles. The van der Waals surface area contributed by atoms with Crippen LogP contribution in [0.2, 0.25) is 0 Å². The molecule has 1 saturated heterocycles. The highest BCUT2D eigenvalue weighted by atomic mass is 32.2. The van der Waals surface area contributed by atoms with Crippen molar-refractivity contribution in [3.05, 3.63) is 300 Å². The van der Waals surface area contributed by atoms with Crippen molar-refractivity contribution in [3.63, 3.8) is 0 Å². The number of aromatic nitrogens is 6. The smallest absolute Gasteiger partial charge is 0.303 e. The lowest BCUT2D eigenvalue weighted by molar-refractivity contribution is -0.137. The summed E-state index contributed by atoms with van der Waals surface area (Å²) >= 11 is 0. The van der Waals surface area contributed by atoms with E-state index in [1.54, 1.807) is 159 Å². The SMILES string of the molecule is CC(=O)NCc1cc(Nc2nc(Nc3ccc(N=Nc4ccc(N=Nc5ccc(S(=O)(=O)O)cc5)cc4)c(C)c3)nc(N3CCN(c4nc(Cc5ccc(N=Nc6ccc(N=Nc7ccccc7)cc6S(=O)(=O)O)c(C)c5)nc(Cc5cc(C)c(N=Nc6ccc(N=Nc7ccc(S(=O)(=O)O)cc7)cc6)cc5OCCCC(=O)O)n4)C(C)C3)n2)c(OCCCOC=O)cc1N=Nc1ccc(N=Nc2ccccc2)cc1S(=O)(=O)O. The normalized spacial score (nSPS) is 13.3. The molecule has 149 heavy (non-hydrogen) atoms. The maximum absolute atomic E-state index is 13.1. The van der Waals surface area contributed by atoms with Crippen LogP contribution in [0.25, 0.3) is 0 Å². The van der Waals surface area contributed by atoms with Crippen molar-refractivity contribution in [1.29, 1.82) is 0 Å². The number of aliphatic carboxylic acids is 1. The zero-order valence-electron chi connectivity index (χ0n) is 79.7. The number of rotatable bonds is 43. The molecule has 1 amide bonds. The van der Waals surface area contributed by atoms with Gasteiger partial charge in [0, 0.05) is 93.8 Å². The third-order valence-corrected chi connectivity index (χ3v) is 25.4. The number of ether oxygens (including phenoxy) is 3. The third-order valence-electron chi connectivity index (χ3n) is 21.9. The van der Waals surface area contributed by atoms with Crippen LogP contribution in [0.3, 0.4) is 0 Å². The molecule has 0 aliphatic carbocycles. The van der Waals surface area contributed by atoms with Gasteiger partial charge in [0.05, 0.1) is 115 Å². The lowest BCUT2D eigenvalue weighted by Gasteiger charge is -2.40. The van der Waals surface area contributed by atoms with Crippen molar-refractivity contribution in [1.82, 2.24) is 35.2 Å². The van der Waals surface area contributed by atoms with E-state index in [1.807, 2.05) is 42.7 Å². The minimum Gasteiger partial charge on any atom is -0.493 e. The molecule has 760 valence electrons. The molecule has 15 rings (SSSR count). The Morgan fingerprint density at radius 3 is 1.33 bits per heavy atom. The van der Waals surface area contributed by atoms with Crippen molar-refractivity contribution in [2.45, 2.75) is 98.9 Å². The van der Waals surface area contributed by atoms with Gasteiger partial charge in [0.25, 0.3) is 46.9 Å². The first kappa shape index (κ1) is 106. The van der Waals surface area contributed by atoms with Crippen molar-refractivity contribution in [3.8, 4) is 11.5 Å². The van der Waals surface area contributed by atoms with Crippen LogP contribution < -0.4 is 35.2 Å². The number of carbonyl (C=O) groups excluding carboxylic acids is 2. The second-order valence-corrected chi connectivity index (χ2v) is 38.7. The lowest BCUT2D eigenvalue weighted by Crippen LogP contribution is -2.53. The van der Waals surface area contributed by atoms with Gasteiger partial charge in [-0.1, -0.05) is 48.5 Å². The minimum absolute atomic E-state index is 0.0173. The predicted octanol–water partition coefficient (Wildman–Crippen LogP) is 23.5. The van der Waals surface area contributed by atoms with E-state index in [1.165, 1.54) is 85.8 Å². The van der Waals surface area contributed by atoms with E-state index in [0.717, 1.165) is 12.1 Å². The highest BCUT2D eigenvalue weighted by Gasteiger charge is 2.31. The number of piperazine rings is 1. The molecule has 1 unspecified atom stereocenters. The van der Waals surface area contributed by atoms with E-state index < -0.39 is 68.2 Å². The molecule has 2 aromatic heterocycles. The maximum atomic E-state index is 13.1. The summed E-state index contributed by atoms with van der Waals surface area (Å²) in [5.74, 6) is -0.125. The standard InChI is InChI=1S/C99H91N27O19S4/c1-61-48-66(19-39-82(61)120-121-84-41-33-78(54-91(84)148(137,138)139)117-109-69-14-8-6-9-15-69)51-93-103-94(53-67-49-62(2)86(56-89(67)144-46-12-18-95(129)130)123-116-74-26-22-72(23-27-74)112-114-76-30-37-81(38-31-76)147(134,135)136)105-99(104-93)126-44-43-125(59-64(126)4)98-107-96(101-77-32-40-83(63(3)50-77)119-115-73-24-20-71(21-25-73)111-113-75-28-35-80(36-29-75)146(131,132)133)106-97(108-98)102-88-52-68(58-100-65(5)128)87(57-90(88)145-47-13-45-143-60-127)124-122-85-42-34-79(55-92(85)149(140,141)142)118-110-70-16-10-7-11-17-70/h6-11,14-17,19-42,48-50,52,54-57,60,64H,12-13,18,43-47,51,53,58-59H2,1-5H3,(H,100,128)(H,129,130)(H,131,132,133)(H,134,135,136)(H,137,138,139)(H,140,141,142)(H2,101,102,106,107,108). The van der Waals surface area contributed by atoms with Gasteiger partial charge < -0.3 is 45.1 Å². The van der Waals surface area contributed by atoms with Gasteiger partial charge in [-0.3, -0.25) is 32.6 Å². The van der Waals surface area contributed by atoms with E-state index in [9.17, 15) is 71.4 Å². The second kappa shape index (κ2) is 48.3. The molecule has 12 aromatic carbocycles. The van der Waals surface area contributed by atoms with Crippen LogP contribution >= 0.6 is 0 Å². The second-order valence-electron chi connectivity index (χ2n) is 33.1. The number of carbonyl (C=O) groups is 3. The summed E-state index contributed by atoms with van der Waals surface area (Å²) in [6.45, 7) is 9.26. The number of hydrogen-bond acceptors (Lipinski definition) is 40. The number of aryl methyl sites for hydroxylation is 3. The van der Waals surface area contributed by atoms with Crippen molar-refractivity contribution >= 4 is 185 Å². The van der Waals surface area contributed by atoms with Crippen molar-refractivity contribution in [2.24, 2.45) is 81.8 Å². The van der Waals surface area contributed by atoms with E-state index in [-0.39, 0.29) is 163 Å². The Morgan fingerprint density at radius 2 is 0.832 bits per heavy atom. The number of nitrogens with one attached hydrogen (secondary N) is 3. The van der Waals surface area contributed by atoms with Crippen LogP contribution in [0, 0.1) is 20.8 Å². The molecule has 46 nitrogen and oxygen atoms in total. The number of carboxylic acids is 1. The molecule has 0 saturated carbocycles. The predicted molar refractivity (Wildman–Crippen MR) is 547 cm³/mol. The molecule has 3 heterocycles. The average molecular weight is 2090 g/mol. The number of benzene rings is 12. The van der Waals surface area contributed by atoms with Gasteiger partial charge in [0.2, 0.25) is 29.7 Å². The Labute approximate surface area is 852 Å². The summed E-state index contributed by atoms with van der Waals surface area (Å²) in [6, 6.07) is 65.4. The van der Waals surface area contributed by atoms with Crippen LogP contribution in [0.15, 0.2) is 356 Å². The van der Waals surface area contributed by atoms with Gasteiger partial charge in [0.1, 0.15) is 44.3 Å². The number of amides is 1. The largest absolute Gasteiger partial charge is 0.493 e. The molecule has 14 aromatic rings. The summed E-state index contributed by atoms with van der Waals surface area (Å²) in [7, 11) is -18.7. The Bertz CT molecular complexity index is 8070. The van der Waals surface area contributed by atoms with Gasteiger partial charge in [-0.25, -0.2) is 4.98 Å². The van der Waals surface area contributed by atoms with E-state index in [2.05, 4.69) is 97.8 Å². The minimum atomic E-state index is -4.99. The molecular weight excluding hydrogens is 2000 g/mol. The number of carboxylic acid groups (broad SMARTS) is 1. The summed E-state index contributed by atoms with van der Waals surface area (Å²) in [5, 5.41) is 88.2. The van der Waals surface area contributed by atoms with Gasteiger partial charge in [-0.05, 0) is 250 Å². The molecule has 0 bridgehead atoms. The average Bonchev–Trinajstić information content (AvgIpc) is 0.782. The fourth-order valence-corrected chi connectivity index (χ4v) is 16.7. The first-order valence-corrected chi connectivity index (χ1v) is 51.1. The quantitative estimate of drug-likeness (QED) is 0.00761. The molecule has 1 aliphatic rings. The van der Waals surface area contributed by atoms with Gasteiger partial charge in [-0.15, -0.1) is 10.2 Å². The first-order valence-electron chi connectivity index (χ1n) is 45.4. The van der Waals surface area contributed by atoms with Crippen LogP contribution in [-0.2, 0) is 79.0 Å². The van der Waals surface area contributed by atoms with Gasteiger partial charge in [-0.2, -0.15) is 130 Å². The summed E-state index contributed by atoms with van der Waals surface area (Å²) in [5.41, 5.74) is 8.55. The highest BCUT2D eigenvalue weighted by Crippen LogP contribution is 2.42. The Kier molecular flexibility index (Phi) is 34.3. The van der Waals surface area contributed by atoms with Gasteiger partial charge in [0.15, 0.2) is 0 Å².